The summed E-state index contributed by atoms with van der Waals surface area (Å²) in [6.07, 6.45) is 2.53. The highest BCUT2D eigenvalue weighted by molar-refractivity contribution is 5.76. The zero-order valence-electron chi connectivity index (χ0n) is 10.4. The molecule has 0 amide bonds. The molecule has 18 heavy (non-hydrogen) atoms. The van der Waals surface area contributed by atoms with Crippen molar-refractivity contribution in [3.8, 4) is 0 Å². The molecule has 1 aromatic carbocycles. The fourth-order valence-electron chi connectivity index (χ4n) is 2.08. The average molecular weight is 253 g/mol. The van der Waals surface area contributed by atoms with Gasteiger partial charge in [-0.05, 0) is 19.4 Å². The molecule has 5 heteroatoms. The zero-order chi connectivity index (χ0) is 13.1. The van der Waals surface area contributed by atoms with Crippen molar-refractivity contribution in [2.24, 2.45) is 5.73 Å². The van der Waals surface area contributed by atoms with Crippen LogP contribution in [0.15, 0.2) is 12.1 Å². The van der Waals surface area contributed by atoms with Crippen LogP contribution < -0.4 is 5.73 Å². The number of nitrogens with zero attached hydrogens (tertiary/aromatic N) is 2. The zero-order valence-corrected chi connectivity index (χ0v) is 10.4. The van der Waals surface area contributed by atoms with Crippen LogP contribution in [0.1, 0.15) is 25.6 Å². The summed E-state index contributed by atoms with van der Waals surface area (Å²) in [4.78, 5) is 4.37. The fourth-order valence-corrected chi connectivity index (χ4v) is 2.08. The van der Waals surface area contributed by atoms with Crippen molar-refractivity contribution in [3.63, 3.8) is 0 Å². The summed E-state index contributed by atoms with van der Waals surface area (Å²) >= 11 is 0. The molecule has 3 nitrogen and oxygen atoms in total. The molecule has 2 rings (SSSR count). The number of hydrogen-bond donors (Lipinski definition) is 1. The van der Waals surface area contributed by atoms with E-state index < -0.39 is 11.6 Å². The van der Waals surface area contributed by atoms with Crippen LogP contribution in [0.2, 0.25) is 0 Å². The molecular formula is C13H17F2N3. The third kappa shape index (κ3) is 2.36. The normalized spacial score (nSPS) is 11.3. The lowest BCUT2D eigenvalue weighted by atomic mass is 10.3. The molecule has 0 bridgehead atoms. The Morgan fingerprint density at radius 3 is 2.67 bits per heavy atom. The molecule has 0 aliphatic heterocycles. The summed E-state index contributed by atoms with van der Waals surface area (Å²) in [5, 5.41) is 0. The number of rotatable bonds is 5. The Morgan fingerprint density at radius 1 is 1.28 bits per heavy atom. The van der Waals surface area contributed by atoms with Crippen molar-refractivity contribution >= 4 is 11.0 Å². The van der Waals surface area contributed by atoms with Crippen molar-refractivity contribution in [1.29, 1.82) is 0 Å². The first-order chi connectivity index (χ1) is 8.67. The molecule has 0 saturated heterocycles. The van der Waals surface area contributed by atoms with Crippen LogP contribution in [0.3, 0.4) is 0 Å². The second-order valence-electron chi connectivity index (χ2n) is 4.33. The minimum Gasteiger partial charge on any atom is -0.330 e. The Morgan fingerprint density at radius 2 is 2.00 bits per heavy atom. The average Bonchev–Trinajstić information content (AvgIpc) is 2.65. The molecule has 1 heterocycles. The van der Waals surface area contributed by atoms with Gasteiger partial charge in [-0.15, -0.1) is 0 Å². The van der Waals surface area contributed by atoms with Crippen LogP contribution in [0.25, 0.3) is 11.0 Å². The predicted molar refractivity (Wildman–Crippen MR) is 67.3 cm³/mol. The maximum absolute atomic E-state index is 13.3. The van der Waals surface area contributed by atoms with Crippen molar-refractivity contribution in [2.75, 3.05) is 6.54 Å². The monoisotopic (exact) mass is 253 g/mol. The van der Waals surface area contributed by atoms with Crippen LogP contribution in [0.4, 0.5) is 8.78 Å². The van der Waals surface area contributed by atoms with Gasteiger partial charge in [0.1, 0.15) is 5.82 Å². The molecule has 0 aliphatic rings. The van der Waals surface area contributed by atoms with E-state index in [1.54, 1.807) is 0 Å². The third-order valence-electron chi connectivity index (χ3n) is 2.93. The SMILES string of the molecule is CCCc1nc2cc(F)c(F)cc2n1CCCN. The van der Waals surface area contributed by atoms with Gasteiger partial charge in [0.2, 0.25) is 0 Å². The highest BCUT2D eigenvalue weighted by atomic mass is 19.2. The number of hydrogen-bond acceptors (Lipinski definition) is 2. The molecule has 2 N–H and O–H groups in total. The maximum Gasteiger partial charge on any atom is 0.161 e. The number of fused-ring (bicyclic) bond motifs is 1. The topological polar surface area (TPSA) is 43.8 Å². The molecule has 0 radical (unpaired) electrons. The van der Waals surface area contributed by atoms with Crippen molar-refractivity contribution in [2.45, 2.75) is 32.7 Å². The molecule has 0 aliphatic carbocycles. The van der Waals surface area contributed by atoms with E-state index in [2.05, 4.69) is 4.98 Å². The second-order valence-corrected chi connectivity index (χ2v) is 4.33. The van der Waals surface area contributed by atoms with Gasteiger partial charge in [0.15, 0.2) is 11.6 Å². The van der Waals surface area contributed by atoms with E-state index >= 15 is 0 Å². The van der Waals surface area contributed by atoms with Gasteiger partial charge in [-0.25, -0.2) is 13.8 Å². The molecule has 98 valence electrons. The Kier molecular flexibility index (Phi) is 3.91. The van der Waals surface area contributed by atoms with Gasteiger partial charge < -0.3 is 10.3 Å². The smallest absolute Gasteiger partial charge is 0.161 e. The van der Waals surface area contributed by atoms with Gasteiger partial charge in [0.05, 0.1) is 11.0 Å². The Hall–Kier alpha value is -1.49. The lowest BCUT2D eigenvalue weighted by Gasteiger charge is -2.07. The number of benzene rings is 1. The molecular weight excluding hydrogens is 236 g/mol. The third-order valence-corrected chi connectivity index (χ3v) is 2.93. The number of aryl methyl sites for hydroxylation is 2. The van der Waals surface area contributed by atoms with E-state index in [-0.39, 0.29) is 0 Å². The van der Waals surface area contributed by atoms with E-state index in [9.17, 15) is 8.78 Å². The van der Waals surface area contributed by atoms with Gasteiger partial charge in [-0.2, -0.15) is 0 Å². The summed E-state index contributed by atoms with van der Waals surface area (Å²) in [6, 6.07) is 2.37. The Labute approximate surface area is 105 Å². The molecule has 1 aromatic heterocycles. The van der Waals surface area contributed by atoms with E-state index in [1.807, 2.05) is 11.5 Å². The summed E-state index contributed by atoms with van der Waals surface area (Å²) in [6.45, 7) is 3.30. The second kappa shape index (κ2) is 5.44. The van der Waals surface area contributed by atoms with E-state index in [4.69, 9.17) is 5.73 Å². The van der Waals surface area contributed by atoms with Crippen LogP contribution in [-0.2, 0) is 13.0 Å². The van der Waals surface area contributed by atoms with Gasteiger partial charge in [0.25, 0.3) is 0 Å². The van der Waals surface area contributed by atoms with Gasteiger partial charge in [-0.3, -0.25) is 0 Å². The molecule has 0 unspecified atom stereocenters. The minimum atomic E-state index is -0.853. The van der Waals surface area contributed by atoms with Gasteiger partial charge in [-0.1, -0.05) is 6.92 Å². The maximum atomic E-state index is 13.3. The highest BCUT2D eigenvalue weighted by Gasteiger charge is 2.13. The quantitative estimate of drug-likeness (QED) is 0.890. The van der Waals surface area contributed by atoms with Gasteiger partial charge in [0, 0.05) is 25.1 Å². The van der Waals surface area contributed by atoms with Gasteiger partial charge >= 0.3 is 0 Å². The van der Waals surface area contributed by atoms with E-state index in [0.29, 0.717) is 24.1 Å². The number of imidazole rings is 1. The molecule has 0 spiro atoms. The standard InChI is InChI=1S/C13H17F2N3/c1-2-4-13-17-11-7-9(14)10(15)8-12(11)18(13)6-3-5-16/h7-8H,2-6,16H2,1H3. The van der Waals surface area contributed by atoms with Crippen molar-refractivity contribution in [3.05, 3.63) is 29.6 Å². The molecule has 2 aromatic rings. The summed E-state index contributed by atoms with van der Waals surface area (Å²) in [5.41, 5.74) is 6.65. The lowest BCUT2D eigenvalue weighted by Crippen LogP contribution is -2.08. The van der Waals surface area contributed by atoms with E-state index in [1.165, 1.54) is 6.07 Å². The first-order valence-corrected chi connectivity index (χ1v) is 6.21. The number of aromatic nitrogens is 2. The Balaban J connectivity index is 2.53. The Bertz CT molecular complexity index is 549. The minimum absolute atomic E-state index is 0.509. The van der Waals surface area contributed by atoms with Crippen LogP contribution >= 0.6 is 0 Å². The number of nitrogens with two attached hydrogens (primary N) is 1. The van der Waals surface area contributed by atoms with Crippen molar-refractivity contribution < 1.29 is 8.78 Å². The first kappa shape index (κ1) is 13.0. The van der Waals surface area contributed by atoms with Crippen LogP contribution in [0.5, 0.6) is 0 Å². The summed E-state index contributed by atoms with van der Waals surface area (Å²) in [7, 11) is 0. The molecule has 0 fully saturated rings. The van der Waals surface area contributed by atoms with Crippen molar-refractivity contribution in [1.82, 2.24) is 9.55 Å². The largest absolute Gasteiger partial charge is 0.330 e. The highest BCUT2D eigenvalue weighted by Crippen LogP contribution is 2.21. The van der Waals surface area contributed by atoms with Crippen LogP contribution in [-0.4, -0.2) is 16.1 Å². The molecule has 0 saturated carbocycles. The fraction of sp³-hybridized carbons (Fsp3) is 0.462. The summed E-state index contributed by atoms with van der Waals surface area (Å²) in [5.74, 6) is -0.820. The molecule has 0 atom stereocenters. The number of halogens is 2. The van der Waals surface area contributed by atoms with Crippen LogP contribution in [0, 0.1) is 11.6 Å². The lowest BCUT2D eigenvalue weighted by molar-refractivity contribution is 0.510. The predicted octanol–water partition coefficient (Wildman–Crippen LogP) is 2.62. The first-order valence-electron chi connectivity index (χ1n) is 6.21. The summed E-state index contributed by atoms with van der Waals surface area (Å²) < 4.78 is 28.4. The van der Waals surface area contributed by atoms with E-state index in [0.717, 1.165) is 31.2 Å².